The van der Waals surface area contributed by atoms with Crippen LogP contribution < -0.4 is 0 Å². The normalized spacial score (nSPS) is 20.0. The van der Waals surface area contributed by atoms with Gasteiger partial charge in [-0.25, -0.2) is 4.98 Å². The molecule has 0 fully saturated rings. The van der Waals surface area contributed by atoms with Crippen LogP contribution in [0.5, 0.6) is 0 Å². The zero-order valence-electron chi connectivity index (χ0n) is 14.3. The summed E-state index contributed by atoms with van der Waals surface area (Å²) in [6, 6.07) is 11.1. The van der Waals surface area contributed by atoms with E-state index in [0.717, 1.165) is 0 Å². The van der Waals surface area contributed by atoms with Crippen molar-refractivity contribution in [3.63, 3.8) is 0 Å². The Bertz CT molecular complexity index is 907. The Morgan fingerprint density at radius 3 is 2.62 bits per heavy atom. The van der Waals surface area contributed by atoms with Gasteiger partial charge in [0.05, 0.1) is 0 Å². The molecule has 2 aliphatic rings. The lowest BCUT2D eigenvalue weighted by Crippen LogP contribution is -2.11. The van der Waals surface area contributed by atoms with E-state index in [2.05, 4.69) is 37.3 Å². The molecule has 5 rings (SSSR count). The maximum atomic E-state index is 5.21. The number of hydrogen-bond acceptors (Lipinski definition) is 2. The lowest BCUT2D eigenvalue weighted by Gasteiger charge is -2.25. The highest BCUT2D eigenvalue weighted by Gasteiger charge is 2.27. The maximum Gasteiger partial charge on any atom is 0.124 e. The van der Waals surface area contributed by atoms with E-state index in [4.69, 9.17) is 4.98 Å². The lowest BCUT2D eigenvalue weighted by molar-refractivity contribution is 0.577. The smallest absolute Gasteiger partial charge is 0.124 e. The summed E-state index contributed by atoms with van der Waals surface area (Å²) in [7, 11) is 0. The van der Waals surface area contributed by atoms with Crippen LogP contribution in [0.25, 0.3) is 21.3 Å². The molecular formula is C22H23NS. The lowest BCUT2D eigenvalue weighted by atomic mass is 9.81. The summed E-state index contributed by atoms with van der Waals surface area (Å²) in [4.78, 5) is 8.11. The number of nitrogens with zero attached hydrogens (tertiary/aromatic N) is 1. The van der Waals surface area contributed by atoms with E-state index in [1.807, 2.05) is 11.3 Å². The van der Waals surface area contributed by atoms with Crippen LogP contribution in [-0.4, -0.2) is 4.98 Å². The zero-order chi connectivity index (χ0) is 16.1. The Balaban J connectivity index is 1.90. The van der Waals surface area contributed by atoms with Crippen LogP contribution >= 0.6 is 11.3 Å². The number of pyridine rings is 1. The predicted octanol–water partition coefficient (Wildman–Crippen LogP) is 6.28. The summed E-state index contributed by atoms with van der Waals surface area (Å²) >= 11 is 1.97. The minimum absolute atomic E-state index is 0.597. The van der Waals surface area contributed by atoms with Gasteiger partial charge in [-0.05, 0) is 73.1 Å². The van der Waals surface area contributed by atoms with Gasteiger partial charge in [0.1, 0.15) is 4.83 Å². The Morgan fingerprint density at radius 2 is 1.75 bits per heavy atom. The first-order chi connectivity index (χ1) is 11.8. The van der Waals surface area contributed by atoms with E-state index in [9.17, 15) is 0 Å². The van der Waals surface area contributed by atoms with Gasteiger partial charge in [0.2, 0.25) is 0 Å². The topological polar surface area (TPSA) is 12.9 Å². The minimum atomic E-state index is 0.597. The van der Waals surface area contributed by atoms with Gasteiger partial charge in [-0.3, -0.25) is 0 Å². The molecule has 2 heterocycles. The number of hydrogen-bond donors (Lipinski definition) is 0. The van der Waals surface area contributed by atoms with E-state index in [-0.39, 0.29) is 0 Å². The largest absolute Gasteiger partial charge is 0.241 e. The third-order valence-corrected chi connectivity index (χ3v) is 7.01. The minimum Gasteiger partial charge on any atom is -0.241 e. The van der Waals surface area contributed by atoms with Crippen molar-refractivity contribution in [3.8, 4) is 11.1 Å². The molecule has 2 heteroatoms. The molecule has 1 aromatic carbocycles. The van der Waals surface area contributed by atoms with Crippen molar-refractivity contribution >= 4 is 21.6 Å². The van der Waals surface area contributed by atoms with Gasteiger partial charge >= 0.3 is 0 Å². The van der Waals surface area contributed by atoms with Gasteiger partial charge in [0, 0.05) is 16.0 Å². The average Bonchev–Trinajstić information content (AvgIpc) is 2.99. The van der Waals surface area contributed by atoms with Crippen LogP contribution in [0.15, 0.2) is 30.3 Å². The first-order valence-electron chi connectivity index (χ1n) is 9.35. The van der Waals surface area contributed by atoms with Crippen molar-refractivity contribution in [2.45, 2.75) is 57.8 Å². The standard InChI is InChI=1S/C22H23NS/c1-14-8-7-12-17-19(15-9-3-2-4-10-15)20-16-11-5-6-13-18(16)24-22(20)23-21(14)17/h2-4,9-10,14H,5-8,11-13H2,1H3/t14-/m1/s1. The van der Waals surface area contributed by atoms with Gasteiger partial charge < -0.3 is 0 Å². The SMILES string of the molecule is C[C@@H]1CCCc2c1nc1sc3c(c1c2-c1ccccc1)CCCC3. The number of thiophene rings is 1. The van der Waals surface area contributed by atoms with Crippen molar-refractivity contribution in [1.29, 1.82) is 0 Å². The van der Waals surface area contributed by atoms with Gasteiger partial charge in [0.15, 0.2) is 0 Å². The third-order valence-electron chi connectivity index (χ3n) is 5.83. The Morgan fingerprint density at radius 1 is 0.958 bits per heavy atom. The Kier molecular flexibility index (Phi) is 3.48. The molecule has 2 aromatic heterocycles. The Labute approximate surface area is 147 Å². The summed E-state index contributed by atoms with van der Waals surface area (Å²) in [6.45, 7) is 2.36. The van der Waals surface area contributed by atoms with Crippen LogP contribution in [0.2, 0.25) is 0 Å². The number of aryl methyl sites for hydroxylation is 2. The molecular weight excluding hydrogens is 310 g/mol. The molecule has 0 amide bonds. The summed E-state index contributed by atoms with van der Waals surface area (Å²) in [5.41, 5.74) is 7.45. The van der Waals surface area contributed by atoms with E-state index < -0.39 is 0 Å². The molecule has 0 unspecified atom stereocenters. The number of aromatic nitrogens is 1. The van der Waals surface area contributed by atoms with Gasteiger partial charge in [0.25, 0.3) is 0 Å². The highest BCUT2D eigenvalue weighted by atomic mass is 32.1. The van der Waals surface area contributed by atoms with Crippen molar-refractivity contribution in [2.24, 2.45) is 0 Å². The van der Waals surface area contributed by atoms with Gasteiger partial charge in [-0.1, -0.05) is 37.3 Å². The molecule has 1 atom stereocenters. The summed E-state index contributed by atoms with van der Waals surface area (Å²) < 4.78 is 0. The summed E-state index contributed by atoms with van der Waals surface area (Å²) in [6.07, 6.45) is 8.95. The fraction of sp³-hybridized carbons (Fsp3) is 0.409. The number of rotatable bonds is 1. The van der Waals surface area contributed by atoms with E-state index in [1.165, 1.54) is 72.0 Å². The van der Waals surface area contributed by atoms with Crippen LogP contribution in [-0.2, 0) is 19.3 Å². The Hall–Kier alpha value is -1.67. The molecule has 0 N–H and O–H groups in total. The van der Waals surface area contributed by atoms with Crippen LogP contribution in [0.1, 0.15) is 60.2 Å². The second-order valence-corrected chi connectivity index (χ2v) is 8.48. The van der Waals surface area contributed by atoms with Crippen molar-refractivity contribution in [2.75, 3.05) is 0 Å². The fourth-order valence-electron chi connectivity index (χ4n) is 4.65. The molecule has 0 bridgehead atoms. The van der Waals surface area contributed by atoms with E-state index in [0.29, 0.717) is 5.92 Å². The molecule has 0 aliphatic heterocycles. The molecule has 122 valence electrons. The van der Waals surface area contributed by atoms with Crippen LogP contribution in [0.4, 0.5) is 0 Å². The molecule has 2 aliphatic carbocycles. The monoisotopic (exact) mass is 333 g/mol. The molecule has 1 nitrogen and oxygen atoms in total. The molecule has 0 radical (unpaired) electrons. The predicted molar refractivity (Wildman–Crippen MR) is 103 cm³/mol. The van der Waals surface area contributed by atoms with Crippen LogP contribution in [0.3, 0.4) is 0 Å². The first-order valence-corrected chi connectivity index (χ1v) is 10.2. The maximum absolute atomic E-state index is 5.21. The van der Waals surface area contributed by atoms with Crippen molar-refractivity contribution < 1.29 is 0 Å². The second kappa shape index (κ2) is 5.70. The quantitative estimate of drug-likeness (QED) is 0.510. The number of fused-ring (bicyclic) bond motifs is 4. The van der Waals surface area contributed by atoms with E-state index in [1.54, 1.807) is 16.0 Å². The molecule has 0 saturated carbocycles. The highest BCUT2D eigenvalue weighted by molar-refractivity contribution is 7.19. The second-order valence-electron chi connectivity index (χ2n) is 7.40. The van der Waals surface area contributed by atoms with Crippen molar-refractivity contribution in [3.05, 3.63) is 52.0 Å². The molecule has 24 heavy (non-hydrogen) atoms. The molecule has 0 spiro atoms. The fourth-order valence-corrected chi connectivity index (χ4v) is 5.93. The molecule has 0 saturated heterocycles. The first kappa shape index (κ1) is 14.7. The van der Waals surface area contributed by atoms with Gasteiger partial charge in [-0.2, -0.15) is 0 Å². The van der Waals surface area contributed by atoms with Gasteiger partial charge in [-0.15, -0.1) is 11.3 Å². The van der Waals surface area contributed by atoms with E-state index >= 15 is 0 Å². The summed E-state index contributed by atoms with van der Waals surface area (Å²) in [5, 5.41) is 1.49. The third kappa shape index (κ3) is 2.16. The summed E-state index contributed by atoms with van der Waals surface area (Å²) in [5.74, 6) is 0.597. The highest BCUT2D eigenvalue weighted by Crippen LogP contribution is 2.46. The molecule has 3 aromatic rings. The average molecular weight is 334 g/mol. The van der Waals surface area contributed by atoms with Crippen molar-refractivity contribution in [1.82, 2.24) is 4.98 Å². The van der Waals surface area contributed by atoms with Crippen LogP contribution in [0, 0.1) is 0 Å². The number of benzene rings is 1. The zero-order valence-corrected chi connectivity index (χ0v) is 15.1.